The van der Waals surface area contributed by atoms with Crippen LogP contribution in [-0.4, -0.2) is 40.1 Å². The van der Waals surface area contributed by atoms with Gasteiger partial charge in [-0.05, 0) is 49.7 Å². The minimum atomic E-state index is 0. The molecule has 5 rings (SSSR count). The highest BCUT2D eigenvalue weighted by Crippen LogP contribution is 2.30. The molecule has 5 nitrogen and oxygen atoms in total. The number of nitrogens with one attached hydrogen (secondary N) is 1. The highest BCUT2D eigenvalue weighted by atomic mass is 35.5. The monoisotopic (exact) mass is 394 g/mol. The summed E-state index contributed by atoms with van der Waals surface area (Å²) in [6.45, 7) is 4.36. The van der Waals surface area contributed by atoms with Gasteiger partial charge >= 0.3 is 0 Å². The van der Waals surface area contributed by atoms with Gasteiger partial charge in [-0.25, -0.2) is 4.98 Å². The summed E-state index contributed by atoms with van der Waals surface area (Å²) in [7, 11) is 2.04. The van der Waals surface area contributed by atoms with Crippen molar-refractivity contribution in [3.63, 3.8) is 0 Å². The van der Waals surface area contributed by atoms with E-state index < -0.39 is 0 Å². The van der Waals surface area contributed by atoms with Gasteiger partial charge in [0.2, 0.25) is 0 Å². The predicted molar refractivity (Wildman–Crippen MR) is 108 cm³/mol. The predicted octanol–water partition coefficient (Wildman–Crippen LogP) is 3.47. The zero-order valence-electron chi connectivity index (χ0n) is 14.7. The molecular weight excluding hydrogens is 371 g/mol. The molecule has 3 aromatic rings. The zero-order chi connectivity index (χ0) is 16.1. The Morgan fingerprint density at radius 2 is 2.00 bits per heavy atom. The number of para-hydroxylation sites is 2. The normalized spacial score (nSPS) is 22.2. The number of rotatable bonds is 3. The van der Waals surface area contributed by atoms with E-state index in [1.807, 2.05) is 25.2 Å². The molecule has 2 saturated heterocycles. The number of fused-ring (bicyclic) bond motifs is 2. The molecule has 26 heavy (non-hydrogen) atoms. The highest BCUT2D eigenvalue weighted by molar-refractivity contribution is 5.85. The third kappa shape index (κ3) is 3.14. The molecule has 0 radical (unpaired) electrons. The van der Waals surface area contributed by atoms with Crippen LogP contribution in [0.15, 0.2) is 40.8 Å². The first-order valence-corrected chi connectivity index (χ1v) is 8.75. The lowest BCUT2D eigenvalue weighted by atomic mass is 10.1. The van der Waals surface area contributed by atoms with Crippen molar-refractivity contribution in [2.24, 2.45) is 13.0 Å². The number of benzene rings is 1. The molecule has 7 heteroatoms. The Morgan fingerprint density at radius 3 is 2.85 bits per heavy atom. The second-order valence-electron chi connectivity index (χ2n) is 6.99. The molecular formula is C19H24Cl2N4O. The van der Waals surface area contributed by atoms with Crippen LogP contribution < -0.4 is 5.32 Å². The quantitative estimate of drug-likeness (QED) is 0.738. The fourth-order valence-electron chi connectivity index (χ4n) is 4.28. The number of imidazole rings is 1. The summed E-state index contributed by atoms with van der Waals surface area (Å²) in [4.78, 5) is 7.28. The fourth-order valence-corrected chi connectivity index (χ4v) is 4.28. The molecule has 2 fully saturated rings. The van der Waals surface area contributed by atoms with Crippen LogP contribution in [0.4, 0.5) is 0 Å². The molecule has 2 aliphatic rings. The van der Waals surface area contributed by atoms with Crippen molar-refractivity contribution in [1.29, 1.82) is 0 Å². The first kappa shape index (κ1) is 19.2. The second kappa shape index (κ2) is 7.61. The van der Waals surface area contributed by atoms with Crippen LogP contribution in [0.5, 0.6) is 0 Å². The first-order chi connectivity index (χ1) is 11.8. The molecule has 0 bridgehead atoms. The largest absolute Gasteiger partial charge is 0.456 e. The lowest BCUT2D eigenvalue weighted by molar-refractivity contribution is 0.225. The summed E-state index contributed by atoms with van der Waals surface area (Å²) in [6.07, 6.45) is 1.30. The molecule has 2 aromatic heterocycles. The van der Waals surface area contributed by atoms with Gasteiger partial charge < -0.3 is 14.3 Å². The van der Waals surface area contributed by atoms with Crippen LogP contribution in [0.25, 0.3) is 22.6 Å². The van der Waals surface area contributed by atoms with Gasteiger partial charge in [0.15, 0.2) is 11.6 Å². The Balaban J connectivity index is 0.000000980. The summed E-state index contributed by atoms with van der Waals surface area (Å²) >= 11 is 0. The van der Waals surface area contributed by atoms with E-state index in [1.54, 1.807) is 0 Å². The zero-order valence-corrected chi connectivity index (χ0v) is 16.4. The first-order valence-electron chi connectivity index (χ1n) is 8.75. The van der Waals surface area contributed by atoms with E-state index in [1.165, 1.54) is 19.5 Å². The molecule has 1 aromatic carbocycles. The second-order valence-corrected chi connectivity index (χ2v) is 6.99. The number of hydrogen-bond donors (Lipinski definition) is 1. The highest BCUT2D eigenvalue weighted by Gasteiger charge is 2.37. The Kier molecular flexibility index (Phi) is 5.63. The van der Waals surface area contributed by atoms with Crippen molar-refractivity contribution in [3.05, 3.63) is 42.2 Å². The molecule has 4 heterocycles. The summed E-state index contributed by atoms with van der Waals surface area (Å²) < 4.78 is 8.25. The van der Waals surface area contributed by atoms with E-state index in [9.17, 15) is 0 Å². The van der Waals surface area contributed by atoms with E-state index in [0.29, 0.717) is 6.04 Å². The molecule has 0 saturated carbocycles. The molecule has 0 spiro atoms. The van der Waals surface area contributed by atoms with Crippen molar-refractivity contribution in [3.8, 4) is 11.6 Å². The van der Waals surface area contributed by atoms with Crippen LogP contribution in [0.3, 0.4) is 0 Å². The lowest BCUT2D eigenvalue weighted by Gasteiger charge is -2.21. The van der Waals surface area contributed by atoms with E-state index >= 15 is 0 Å². The van der Waals surface area contributed by atoms with Crippen LogP contribution in [0.1, 0.15) is 12.2 Å². The van der Waals surface area contributed by atoms with Crippen molar-refractivity contribution >= 4 is 35.8 Å². The van der Waals surface area contributed by atoms with E-state index in [-0.39, 0.29) is 24.8 Å². The molecule has 2 aliphatic heterocycles. The van der Waals surface area contributed by atoms with Gasteiger partial charge in [0.05, 0.1) is 17.6 Å². The maximum Gasteiger partial charge on any atom is 0.176 e. The molecule has 0 unspecified atom stereocenters. The number of aryl methyl sites for hydroxylation is 1. The third-order valence-corrected chi connectivity index (χ3v) is 5.59. The smallest absolute Gasteiger partial charge is 0.176 e. The van der Waals surface area contributed by atoms with Gasteiger partial charge in [0, 0.05) is 19.6 Å². The maximum absolute atomic E-state index is 6.15. The van der Waals surface area contributed by atoms with E-state index in [0.717, 1.165) is 47.4 Å². The molecule has 0 aliphatic carbocycles. The number of aromatic nitrogens is 2. The molecule has 0 amide bonds. The van der Waals surface area contributed by atoms with E-state index in [2.05, 4.69) is 33.0 Å². The minimum absolute atomic E-state index is 0. The van der Waals surface area contributed by atoms with Gasteiger partial charge in [-0.3, -0.25) is 4.90 Å². The van der Waals surface area contributed by atoms with Crippen molar-refractivity contribution in [2.45, 2.75) is 19.0 Å². The van der Waals surface area contributed by atoms with Crippen molar-refractivity contribution in [1.82, 2.24) is 19.8 Å². The number of nitrogens with zero attached hydrogens (tertiary/aromatic N) is 3. The molecule has 1 N–H and O–H groups in total. The Labute approximate surface area is 165 Å². The summed E-state index contributed by atoms with van der Waals surface area (Å²) in [5.41, 5.74) is 2.14. The number of halogens is 2. The SMILES string of the molecule is Cl.Cl.Cn1c(-c2ccc(CN3CC[C@H]4CNC[C@H]43)o2)nc2ccccc21. The van der Waals surface area contributed by atoms with Crippen molar-refractivity contribution < 1.29 is 4.42 Å². The Hall–Kier alpha value is -1.53. The van der Waals surface area contributed by atoms with Crippen molar-refractivity contribution in [2.75, 3.05) is 19.6 Å². The number of furan rings is 1. The maximum atomic E-state index is 6.15. The summed E-state index contributed by atoms with van der Waals surface area (Å²) in [6, 6.07) is 13.0. The van der Waals surface area contributed by atoms with Gasteiger partial charge in [-0.2, -0.15) is 0 Å². The van der Waals surface area contributed by atoms with Gasteiger partial charge in [0.1, 0.15) is 5.76 Å². The topological polar surface area (TPSA) is 46.2 Å². The minimum Gasteiger partial charge on any atom is -0.456 e. The average molecular weight is 395 g/mol. The number of hydrogen-bond acceptors (Lipinski definition) is 4. The van der Waals surface area contributed by atoms with Crippen LogP contribution in [-0.2, 0) is 13.6 Å². The Bertz CT molecular complexity index is 891. The standard InChI is InChI=1S/C19H22N4O.2ClH/c1-22-16-5-3-2-4-15(16)21-19(22)18-7-6-14(24-18)12-23-9-8-13-10-20-11-17(13)23;;/h2-7,13,17,20H,8-12H2,1H3;2*1H/t13-,17+;;/m0../s1. The lowest BCUT2D eigenvalue weighted by Crippen LogP contribution is -2.33. The number of likely N-dealkylation sites (tertiary alicyclic amines) is 1. The average Bonchev–Trinajstić information content (AvgIpc) is 3.34. The Morgan fingerprint density at radius 1 is 1.15 bits per heavy atom. The van der Waals surface area contributed by atoms with Gasteiger partial charge in [0.25, 0.3) is 0 Å². The summed E-state index contributed by atoms with van der Waals surface area (Å²) in [5.74, 6) is 3.59. The van der Waals surface area contributed by atoms with E-state index in [4.69, 9.17) is 9.40 Å². The van der Waals surface area contributed by atoms with Crippen LogP contribution in [0.2, 0.25) is 0 Å². The van der Waals surface area contributed by atoms with Crippen LogP contribution >= 0.6 is 24.8 Å². The van der Waals surface area contributed by atoms with Gasteiger partial charge in [-0.15, -0.1) is 24.8 Å². The van der Waals surface area contributed by atoms with Crippen LogP contribution in [0, 0.1) is 5.92 Å². The summed E-state index contributed by atoms with van der Waals surface area (Å²) in [5, 5.41) is 3.51. The molecule has 2 atom stereocenters. The van der Waals surface area contributed by atoms with Gasteiger partial charge in [-0.1, -0.05) is 12.1 Å². The fraction of sp³-hybridized carbons (Fsp3) is 0.421. The molecule has 140 valence electrons. The third-order valence-electron chi connectivity index (χ3n) is 5.59.